The van der Waals surface area contributed by atoms with E-state index in [2.05, 4.69) is 11.9 Å². The highest BCUT2D eigenvalue weighted by Gasteiger charge is 2.17. The van der Waals surface area contributed by atoms with Crippen molar-refractivity contribution in [2.24, 2.45) is 0 Å². The lowest BCUT2D eigenvalue weighted by Gasteiger charge is -2.06. The molecule has 104 valence electrons. The van der Waals surface area contributed by atoms with Gasteiger partial charge in [-0.3, -0.25) is 10.1 Å². The summed E-state index contributed by atoms with van der Waals surface area (Å²) in [6.45, 7) is 4.34. The number of halogens is 2. The standard InChI is InChI=1S/C12H14F2N2O2S/c1-2-4-19-5-3-15-8-9-6-12(16(17)18)11(14)7-10(9)13/h2,6-7,15H,1,3-5,8H2. The molecule has 0 radical (unpaired) electrons. The maximum absolute atomic E-state index is 13.4. The molecular weight excluding hydrogens is 274 g/mol. The molecule has 0 saturated heterocycles. The molecule has 19 heavy (non-hydrogen) atoms. The third-order valence-electron chi connectivity index (χ3n) is 2.29. The van der Waals surface area contributed by atoms with Gasteiger partial charge in [0.05, 0.1) is 4.92 Å². The van der Waals surface area contributed by atoms with Crippen LogP contribution in [0.4, 0.5) is 14.5 Å². The van der Waals surface area contributed by atoms with Gasteiger partial charge < -0.3 is 5.32 Å². The van der Waals surface area contributed by atoms with E-state index in [-0.39, 0.29) is 12.1 Å². The molecule has 0 heterocycles. The fraction of sp³-hybridized carbons (Fsp3) is 0.333. The van der Waals surface area contributed by atoms with Gasteiger partial charge in [-0.15, -0.1) is 6.58 Å². The van der Waals surface area contributed by atoms with Gasteiger partial charge in [0.15, 0.2) is 0 Å². The van der Waals surface area contributed by atoms with Crippen LogP contribution in [-0.2, 0) is 6.54 Å². The summed E-state index contributed by atoms with van der Waals surface area (Å²) in [6, 6.07) is 1.47. The van der Waals surface area contributed by atoms with Crippen LogP contribution in [0.15, 0.2) is 24.8 Å². The molecule has 0 atom stereocenters. The molecule has 7 heteroatoms. The highest BCUT2D eigenvalue weighted by atomic mass is 32.2. The van der Waals surface area contributed by atoms with Gasteiger partial charge in [0.25, 0.3) is 0 Å². The van der Waals surface area contributed by atoms with E-state index < -0.39 is 22.2 Å². The third kappa shape index (κ3) is 4.96. The minimum atomic E-state index is -1.16. The first-order chi connectivity index (χ1) is 9.06. The summed E-state index contributed by atoms with van der Waals surface area (Å²) < 4.78 is 26.5. The molecule has 1 aromatic rings. The van der Waals surface area contributed by atoms with Crippen molar-refractivity contribution in [3.8, 4) is 0 Å². The number of benzene rings is 1. The zero-order valence-corrected chi connectivity index (χ0v) is 11.0. The van der Waals surface area contributed by atoms with Crippen molar-refractivity contribution < 1.29 is 13.7 Å². The molecule has 4 nitrogen and oxygen atoms in total. The van der Waals surface area contributed by atoms with Crippen molar-refractivity contribution in [3.63, 3.8) is 0 Å². The van der Waals surface area contributed by atoms with Gasteiger partial charge in [-0.25, -0.2) is 4.39 Å². The van der Waals surface area contributed by atoms with E-state index in [1.807, 2.05) is 0 Å². The van der Waals surface area contributed by atoms with Crippen LogP contribution in [0.1, 0.15) is 5.56 Å². The fourth-order valence-corrected chi connectivity index (χ4v) is 2.01. The number of nitrogens with zero attached hydrogens (tertiary/aromatic N) is 1. The van der Waals surface area contributed by atoms with E-state index in [0.29, 0.717) is 12.6 Å². The normalized spacial score (nSPS) is 10.4. The highest BCUT2D eigenvalue weighted by Crippen LogP contribution is 2.21. The predicted molar refractivity (Wildman–Crippen MR) is 72.2 cm³/mol. The van der Waals surface area contributed by atoms with Gasteiger partial charge in [-0.05, 0) is 0 Å². The quantitative estimate of drug-likeness (QED) is 0.346. The summed E-state index contributed by atoms with van der Waals surface area (Å²) in [6.07, 6.45) is 1.79. The molecule has 0 spiro atoms. The Morgan fingerprint density at radius 3 is 2.79 bits per heavy atom. The minimum Gasteiger partial charge on any atom is -0.312 e. The summed E-state index contributed by atoms with van der Waals surface area (Å²) in [4.78, 5) is 9.68. The van der Waals surface area contributed by atoms with Crippen LogP contribution < -0.4 is 5.32 Å². The maximum atomic E-state index is 13.4. The topological polar surface area (TPSA) is 55.2 Å². The van der Waals surface area contributed by atoms with E-state index in [1.54, 1.807) is 17.8 Å². The van der Waals surface area contributed by atoms with Crippen molar-refractivity contribution in [1.82, 2.24) is 5.32 Å². The first-order valence-electron chi connectivity index (χ1n) is 5.58. The molecule has 0 unspecified atom stereocenters. The van der Waals surface area contributed by atoms with Crippen LogP contribution in [0.2, 0.25) is 0 Å². The second-order valence-electron chi connectivity index (χ2n) is 3.69. The van der Waals surface area contributed by atoms with Crippen LogP contribution in [0.25, 0.3) is 0 Å². The number of nitro benzene ring substituents is 1. The van der Waals surface area contributed by atoms with Gasteiger partial charge in [0.1, 0.15) is 5.82 Å². The average Bonchev–Trinajstić information content (AvgIpc) is 2.35. The first-order valence-corrected chi connectivity index (χ1v) is 6.73. The molecule has 1 aromatic carbocycles. The number of nitro groups is 1. The Labute approximate surface area is 114 Å². The largest absolute Gasteiger partial charge is 0.312 e. The molecule has 0 aliphatic carbocycles. The summed E-state index contributed by atoms with van der Waals surface area (Å²) in [5.74, 6) is -0.295. The van der Waals surface area contributed by atoms with Crippen LogP contribution >= 0.6 is 11.8 Å². The fourth-order valence-electron chi connectivity index (χ4n) is 1.39. The molecule has 0 saturated carbocycles. The average molecular weight is 288 g/mol. The zero-order chi connectivity index (χ0) is 14.3. The molecule has 0 aliphatic heterocycles. The van der Waals surface area contributed by atoms with E-state index >= 15 is 0 Å². The van der Waals surface area contributed by atoms with E-state index in [9.17, 15) is 18.9 Å². The van der Waals surface area contributed by atoms with Crippen molar-refractivity contribution >= 4 is 17.4 Å². The van der Waals surface area contributed by atoms with E-state index in [0.717, 1.165) is 17.6 Å². The van der Waals surface area contributed by atoms with Gasteiger partial charge in [-0.2, -0.15) is 16.2 Å². The SMILES string of the molecule is C=CCSCCNCc1cc([N+](=O)[O-])c(F)cc1F. The second-order valence-corrected chi connectivity index (χ2v) is 4.84. The molecule has 0 aliphatic rings. The Kier molecular flexibility index (Phi) is 6.44. The van der Waals surface area contributed by atoms with Gasteiger partial charge >= 0.3 is 5.69 Å². The zero-order valence-electron chi connectivity index (χ0n) is 10.2. The number of hydrogen-bond donors (Lipinski definition) is 1. The Bertz CT molecular complexity index is 469. The van der Waals surface area contributed by atoms with Crippen LogP contribution in [0, 0.1) is 21.7 Å². The van der Waals surface area contributed by atoms with Gasteiger partial charge in [-0.1, -0.05) is 6.08 Å². The second kappa shape index (κ2) is 7.85. The number of rotatable bonds is 8. The van der Waals surface area contributed by atoms with Crippen LogP contribution in [0.5, 0.6) is 0 Å². The molecular formula is C12H14F2N2O2S. The minimum absolute atomic E-state index is 0.0850. The van der Waals surface area contributed by atoms with Gasteiger partial charge in [0.2, 0.25) is 5.82 Å². The number of thioether (sulfide) groups is 1. The molecule has 0 amide bonds. The van der Waals surface area contributed by atoms with Gasteiger partial charge in [0, 0.05) is 42.3 Å². The van der Waals surface area contributed by atoms with E-state index in [4.69, 9.17) is 0 Å². The Morgan fingerprint density at radius 1 is 1.42 bits per heavy atom. The lowest BCUT2D eigenvalue weighted by Crippen LogP contribution is -2.17. The molecule has 0 bridgehead atoms. The summed E-state index contributed by atoms with van der Waals surface area (Å²) in [5, 5.41) is 13.5. The third-order valence-corrected chi connectivity index (χ3v) is 3.25. The van der Waals surface area contributed by atoms with Crippen LogP contribution in [-0.4, -0.2) is 23.0 Å². The molecule has 0 aromatic heterocycles. The highest BCUT2D eigenvalue weighted by molar-refractivity contribution is 7.99. The number of nitrogens with one attached hydrogen (secondary N) is 1. The van der Waals surface area contributed by atoms with E-state index in [1.165, 1.54) is 0 Å². The monoisotopic (exact) mass is 288 g/mol. The van der Waals surface area contributed by atoms with Crippen molar-refractivity contribution in [1.29, 1.82) is 0 Å². The van der Waals surface area contributed by atoms with Crippen LogP contribution in [0.3, 0.4) is 0 Å². The molecule has 0 fully saturated rings. The Morgan fingerprint density at radius 2 is 2.16 bits per heavy atom. The molecule has 1 rings (SSSR count). The Hall–Kier alpha value is -1.47. The summed E-state index contributed by atoms with van der Waals surface area (Å²) in [5.41, 5.74) is -0.624. The van der Waals surface area contributed by atoms with Crippen molar-refractivity contribution in [3.05, 3.63) is 52.1 Å². The predicted octanol–water partition coefficient (Wildman–Crippen LogP) is 2.88. The first kappa shape index (κ1) is 15.6. The summed E-state index contributed by atoms with van der Waals surface area (Å²) >= 11 is 1.66. The Balaban J connectivity index is 2.56. The summed E-state index contributed by atoms with van der Waals surface area (Å²) in [7, 11) is 0. The number of hydrogen-bond acceptors (Lipinski definition) is 4. The van der Waals surface area contributed by atoms with Crippen molar-refractivity contribution in [2.45, 2.75) is 6.54 Å². The van der Waals surface area contributed by atoms with Crippen molar-refractivity contribution in [2.75, 3.05) is 18.1 Å². The lowest BCUT2D eigenvalue weighted by atomic mass is 10.2. The molecule has 1 N–H and O–H groups in total. The lowest BCUT2D eigenvalue weighted by molar-refractivity contribution is -0.387. The smallest absolute Gasteiger partial charge is 0.305 e. The maximum Gasteiger partial charge on any atom is 0.305 e.